The Bertz CT molecular complexity index is 917. The quantitative estimate of drug-likeness (QED) is 0.787. The van der Waals surface area contributed by atoms with Crippen LogP contribution in [-0.2, 0) is 24.2 Å². The highest BCUT2D eigenvalue weighted by molar-refractivity contribution is 5.90. The van der Waals surface area contributed by atoms with Gasteiger partial charge in [-0.05, 0) is 28.3 Å². The van der Waals surface area contributed by atoms with E-state index in [1.807, 2.05) is 29.2 Å². The maximum Gasteiger partial charge on any atom is 0.227 e. The molecule has 4 rings (SSSR count). The van der Waals surface area contributed by atoms with Crippen LogP contribution >= 0.6 is 0 Å². The number of anilines is 1. The maximum absolute atomic E-state index is 12.8. The van der Waals surface area contributed by atoms with E-state index in [2.05, 4.69) is 28.2 Å². The van der Waals surface area contributed by atoms with Gasteiger partial charge in [-0.3, -0.25) is 4.79 Å². The fraction of sp³-hybridized carbons (Fsp3) is 0.211. The molecule has 0 radical (unpaired) electrons. The zero-order valence-corrected chi connectivity index (χ0v) is 13.3. The van der Waals surface area contributed by atoms with Gasteiger partial charge in [-0.15, -0.1) is 0 Å². The van der Waals surface area contributed by atoms with E-state index in [4.69, 9.17) is 5.73 Å². The van der Waals surface area contributed by atoms with Gasteiger partial charge >= 0.3 is 0 Å². The summed E-state index contributed by atoms with van der Waals surface area (Å²) in [5.74, 6) is 0.381. The van der Waals surface area contributed by atoms with E-state index in [1.165, 1.54) is 0 Å². The minimum absolute atomic E-state index is 0.120. The molecule has 0 fully saturated rings. The lowest BCUT2D eigenvalue weighted by Crippen LogP contribution is -2.37. The van der Waals surface area contributed by atoms with E-state index >= 15 is 0 Å². The summed E-state index contributed by atoms with van der Waals surface area (Å²) in [6.45, 7) is 1.20. The van der Waals surface area contributed by atoms with Gasteiger partial charge in [-0.25, -0.2) is 9.97 Å². The first kappa shape index (κ1) is 14.6. The molecule has 0 saturated heterocycles. The second-order valence-electron chi connectivity index (χ2n) is 6.08. The zero-order valence-electron chi connectivity index (χ0n) is 13.3. The summed E-state index contributed by atoms with van der Waals surface area (Å²) >= 11 is 0. The molecule has 0 saturated carbocycles. The number of nitrogens with zero attached hydrogens (tertiary/aromatic N) is 3. The lowest BCUT2D eigenvalue weighted by Gasteiger charge is -2.28. The first-order chi connectivity index (χ1) is 11.7. The monoisotopic (exact) mass is 318 g/mol. The normalized spacial score (nSPS) is 13.8. The minimum atomic E-state index is 0.120. The van der Waals surface area contributed by atoms with Crippen LogP contribution in [0, 0.1) is 0 Å². The molecule has 0 bridgehead atoms. The number of hydrogen-bond acceptors (Lipinski definition) is 4. The standard InChI is InChI=1S/C19H18N4O/c20-19-21-11-15-8-9-23(12-17(15)22-19)18(24)10-14-6-3-5-13-4-1-2-7-16(13)14/h1-7,11H,8-10,12H2,(H2,20,21,22). The van der Waals surface area contributed by atoms with E-state index in [9.17, 15) is 4.79 Å². The lowest BCUT2D eigenvalue weighted by molar-refractivity contribution is -0.131. The van der Waals surface area contributed by atoms with E-state index in [0.717, 1.165) is 34.0 Å². The summed E-state index contributed by atoms with van der Waals surface area (Å²) in [6.07, 6.45) is 2.94. The first-order valence-electron chi connectivity index (χ1n) is 8.05. The van der Waals surface area contributed by atoms with Gasteiger partial charge in [0.1, 0.15) is 0 Å². The van der Waals surface area contributed by atoms with Crippen molar-refractivity contribution < 1.29 is 4.79 Å². The van der Waals surface area contributed by atoms with Crippen LogP contribution in [0.25, 0.3) is 10.8 Å². The van der Waals surface area contributed by atoms with Gasteiger partial charge in [0.05, 0.1) is 18.7 Å². The summed E-state index contributed by atoms with van der Waals surface area (Å²) in [4.78, 5) is 22.9. The predicted octanol–water partition coefficient (Wildman–Crippen LogP) is 2.34. The van der Waals surface area contributed by atoms with Crippen molar-refractivity contribution in [2.45, 2.75) is 19.4 Å². The van der Waals surface area contributed by atoms with Crippen LogP contribution in [0.2, 0.25) is 0 Å². The van der Waals surface area contributed by atoms with Crippen molar-refractivity contribution in [2.75, 3.05) is 12.3 Å². The fourth-order valence-electron chi connectivity index (χ4n) is 3.25. The third-order valence-corrected chi connectivity index (χ3v) is 4.54. The molecule has 2 heterocycles. The molecule has 2 aromatic carbocycles. The van der Waals surface area contributed by atoms with Crippen LogP contribution in [0.3, 0.4) is 0 Å². The van der Waals surface area contributed by atoms with Gasteiger partial charge in [0.25, 0.3) is 0 Å². The Morgan fingerprint density at radius 2 is 2.00 bits per heavy atom. The molecule has 3 aromatic rings. The molecule has 5 nitrogen and oxygen atoms in total. The van der Waals surface area contributed by atoms with Crippen molar-refractivity contribution in [1.82, 2.24) is 14.9 Å². The Balaban J connectivity index is 1.56. The summed E-state index contributed by atoms with van der Waals surface area (Å²) in [7, 11) is 0. The number of nitrogen functional groups attached to an aromatic ring is 1. The summed E-state index contributed by atoms with van der Waals surface area (Å²) in [5.41, 5.74) is 8.67. The van der Waals surface area contributed by atoms with Crippen LogP contribution < -0.4 is 5.73 Å². The number of nitrogens with two attached hydrogens (primary N) is 1. The number of fused-ring (bicyclic) bond motifs is 2. The molecule has 1 aliphatic heterocycles. The number of rotatable bonds is 2. The third kappa shape index (κ3) is 2.69. The minimum Gasteiger partial charge on any atom is -0.368 e. The molecular weight excluding hydrogens is 300 g/mol. The van der Waals surface area contributed by atoms with Crippen LogP contribution in [-0.4, -0.2) is 27.3 Å². The first-order valence-corrected chi connectivity index (χ1v) is 8.05. The predicted molar refractivity (Wildman–Crippen MR) is 93.2 cm³/mol. The van der Waals surface area contributed by atoms with Gasteiger partial charge in [0.2, 0.25) is 11.9 Å². The molecule has 0 unspecified atom stereocenters. The average Bonchev–Trinajstić information content (AvgIpc) is 2.61. The van der Waals surface area contributed by atoms with Gasteiger partial charge in [-0.1, -0.05) is 42.5 Å². The fourth-order valence-corrected chi connectivity index (χ4v) is 3.25. The van der Waals surface area contributed by atoms with Gasteiger partial charge < -0.3 is 10.6 Å². The lowest BCUT2D eigenvalue weighted by atomic mass is 10.0. The molecule has 2 N–H and O–H groups in total. The Hall–Kier alpha value is -2.95. The van der Waals surface area contributed by atoms with Crippen molar-refractivity contribution in [3.05, 3.63) is 65.5 Å². The highest BCUT2D eigenvalue weighted by atomic mass is 16.2. The average molecular weight is 318 g/mol. The SMILES string of the molecule is Nc1ncc2c(n1)CN(C(=O)Cc1cccc3ccccc13)CC2. The highest BCUT2D eigenvalue weighted by Crippen LogP contribution is 2.21. The number of benzene rings is 2. The Morgan fingerprint density at radius 3 is 2.92 bits per heavy atom. The molecule has 1 amide bonds. The molecule has 5 heteroatoms. The second-order valence-corrected chi connectivity index (χ2v) is 6.08. The largest absolute Gasteiger partial charge is 0.368 e. The van der Waals surface area contributed by atoms with E-state index < -0.39 is 0 Å². The number of carbonyl (C=O) groups is 1. The molecule has 1 aromatic heterocycles. The Labute approximate surface area is 140 Å². The second kappa shape index (κ2) is 5.92. The molecule has 24 heavy (non-hydrogen) atoms. The molecule has 0 aliphatic carbocycles. The third-order valence-electron chi connectivity index (χ3n) is 4.54. The topological polar surface area (TPSA) is 72.1 Å². The smallest absolute Gasteiger partial charge is 0.227 e. The van der Waals surface area contributed by atoms with Crippen LogP contribution in [0.1, 0.15) is 16.8 Å². The molecular formula is C19H18N4O. The summed E-state index contributed by atoms with van der Waals surface area (Å²) in [5, 5.41) is 2.30. The summed E-state index contributed by atoms with van der Waals surface area (Å²) < 4.78 is 0. The number of hydrogen-bond donors (Lipinski definition) is 1. The Kier molecular flexibility index (Phi) is 3.61. The van der Waals surface area contributed by atoms with E-state index in [1.54, 1.807) is 6.20 Å². The van der Waals surface area contributed by atoms with E-state index in [0.29, 0.717) is 19.5 Å². The van der Waals surface area contributed by atoms with Crippen LogP contribution in [0.4, 0.5) is 5.95 Å². The van der Waals surface area contributed by atoms with Crippen molar-refractivity contribution in [3.8, 4) is 0 Å². The molecule has 0 atom stereocenters. The number of amides is 1. The van der Waals surface area contributed by atoms with Crippen molar-refractivity contribution in [2.24, 2.45) is 0 Å². The maximum atomic E-state index is 12.8. The van der Waals surface area contributed by atoms with Crippen molar-refractivity contribution in [1.29, 1.82) is 0 Å². The van der Waals surface area contributed by atoms with Gasteiger partial charge in [-0.2, -0.15) is 0 Å². The number of aromatic nitrogens is 2. The van der Waals surface area contributed by atoms with Crippen molar-refractivity contribution >= 4 is 22.6 Å². The molecule has 1 aliphatic rings. The van der Waals surface area contributed by atoms with Crippen LogP contribution in [0.5, 0.6) is 0 Å². The molecule has 120 valence electrons. The van der Waals surface area contributed by atoms with E-state index in [-0.39, 0.29) is 11.9 Å². The molecule has 0 spiro atoms. The summed E-state index contributed by atoms with van der Waals surface area (Å²) in [6, 6.07) is 14.3. The Morgan fingerprint density at radius 1 is 1.17 bits per heavy atom. The van der Waals surface area contributed by atoms with Crippen molar-refractivity contribution in [3.63, 3.8) is 0 Å². The zero-order chi connectivity index (χ0) is 16.5. The van der Waals surface area contributed by atoms with Gasteiger partial charge in [0, 0.05) is 12.7 Å². The van der Waals surface area contributed by atoms with Gasteiger partial charge in [0.15, 0.2) is 0 Å². The number of carbonyl (C=O) groups excluding carboxylic acids is 1. The van der Waals surface area contributed by atoms with Crippen LogP contribution in [0.15, 0.2) is 48.7 Å². The highest BCUT2D eigenvalue weighted by Gasteiger charge is 2.22.